The number of carbonyl (C=O) groups is 4. The summed E-state index contributed by atoms with van der Waals surface area (Å²) in [5.74, 6) is -0.577. The second-order valence-electron chi connectivity index (χ2n) is 15.8. The van der Waals surface area contributed by atoms with Crippen molar-refractivity contribution in [2.24, 2.45) is 0 Å². The smallest absolute Gasteiger partial charge is 0.266 e. The summed E-state index contributed by atoms with van der Waals surface area (Å²) in [6.45, 7) is 5.57. The Balaban J connectivity index is 1.07. The number of hydrogen-bond donors (Lipinski definition) is 0. The molecule has 0 aromatic heterocycles. The van der Waals surface area contributed by atoms with Crippen LogP contribution in [0.1, 0.15) is 119 Å². The van der Waals surface area contributed by atoms with Crippen LogP contribution in [0, 0.1) is 0 Å². The minimum absolute atomic E-state index is 0.275. The standard InChI is InChI=1S/C50H44Cl2N2O6/c1-3-5-7-9-11-25-59-31-17-13-29(14-18-31)53-47(55)35-23-21-33-41-34(22-24-36(42(35)41)48(53)56)45-40(52)28-38-43-37(27-39(51)44(33)46(43)45)49(57)54(50(38)58)30-15-19-32(20-16-30)60-26-12-10-8-6-4-2/h13-24,27-28H,3-12,25-26H2,1-2H3. The number of imide groups is 2. The third-order valence-electron chi connectivity index (χ3n) is 12.0. The van der Waals surface area contributed by atoms with Crippen molar-refractivity contribution in [1.29, 1.82) is 0 Å². The Bertz CT molecular complexity index is 2730. The average Bonchev–Trinajstić information content (AvgIpc) is 3.25. The summed E-state index contributed by atoms with van der Waals surface area (Å²) in [5.41, 5.74) is 2.12. The zero-order valence-corrected chi connectivity index (χ0v) is 35.2. The molecule has 0 atom stereocenters. The Kier molecular flexibility index (Phi) is 10.9. The largest absolute Gasteiger partial charge is 0.494 e. The molecule has 2 aliphatic rings. The fourth-order valence-electron chi connectivity index (χ4n) is 9.01. The average molecular weight is 840 g/mol. The van der Waals surface area contributed by atoms with E-state index in [1.54, 1.807) is 72.8 Å². The van der Waals surface area contributed by atoms with Crippen LogP contribution in [0.5, 0.6) is 11.5 Å². The number of anilines is 2. The molecule has 0 bridgehead atoms. The third kappa shape index (κ3) is 6.61. The zero-order valence-electron chi connectivity index (χ0n) is 33.7. The van der Waals surface area contributed by atoms with Gasteiger partial charge in [0.05, 0.1) is 35.7 Å². The topological polar surface area (TPSA) is 93.2 Å². The lowest BCUT2D eigenvalue weighted by Gasteiger charge is -2.31. The molecule has 0 fully saturated rings. The molecule has 0 saturated heterocycles. The van der Waals surface area contributed by atoms with Gasteiger partial charge >= 0.3 is 0 Å². The van der Waals surface area contributed by atoms with Gasteiger partial charge in [-0.05, 0) is 102 Å². The van der Waals surface area contributed by atoms with Crippen molar-refractivity contribution in [2.45, 2.75) is 78.1 Å². The Morgan fingerprint density at radius 2 is 0.800 bits per heavy atom. The molecular weight excluding hydrogens is 795 g/mol. The summed E-state index contributed by atoms with van der Waals surface area (Å²) in [7, 11) is 0. The highest BCUT2D eigenvalue weighted by atomic mass is 35.5. The molecule has 2 aliphatic heterocycles. The van der Waals surface area contributed by atoms with Crippen molar-refractivity contribution in [2.75, 3.05) is 23.0 Å². The van der Waals surface area contributed by atoms with Gasteiger partial charge in [0, 0.05) is 48.1 Å². The molecule has 9 rings (SSSR count). The maximum atomic E-state index is 14.4. The summed E-state index contributed by atoms with van der Waals surface area (Å²) in [6.07, 6.45) is 11.3. The summed E-state index contributed by atoms with van der Waals surface area (Å²) in [5, 5.41) is 5.29. The molecule has 0 spiro atoms. The Labute approximate surface area is 358 Å². The molecule has 4 amide bonds. The van der Waals surface area contributed by atoms with E-state index in [1.807, 2.05) is 12.1 Å². The number of nitrogens with zero attached hydrogens (tertiary/aromatic N) is 2. The van der Waals surface area contributed by atoms with Gasteiger partial charge in [-0.3, -0.25) is 19.2 Å². The van der Waals surface area contributed by atoms with E-state index in [0.717, 1.165) is 30.6 Å². The molecule has 7 aromatic carbocycles. The monoisotopic (exact) mass is 838 g/mol. The highest BCUT2D eigenvalue weighted by Gasteiger charge is 2.39. The normalized spacial score (nSPS) is 13.9. The number of benzene rings is 7. The predicted molar refractivity (Wildman–Crippen MR) is 241 cm³/mol. The van der Waals surface area contributed by atoms with Crippen LogP contribution in [0.4, 0.5) is 11.4 Å². The van der Waals surface area contributed by atoms with Crippen LogP contribution in [0.3, 0.4) is 0 Å². The maximum absolute atomic E-state index is 14.4. The molecule has 2 heterocycles. The molecule has 7 aromatic rings. The Morgan fingerprint density at radius 3 is 1.22 bits per heavy atom. The van der Waals surface area contributed by atoms with Crippen molar-refractivity contribution < 1.29 is 28.7 Å². The fraction of sp³-hybridized carbons (Fsp3) is 0.280. The van der Waals surface area contributed by atoms with E-state index in [1.165, 1.54) is 43.4 Å². The highest BCUT2D eigenvalue weighted by Crippen LogP contribution is 2.51. The number of ether oxygens (including phenoxy) is 2. The van der Waals surface area contributed by atoms with Crippen LogP contribution in [-0.2, 0) is 0 Å². The van der Waals surface area contributed by atoms with Gasteiger partial charge in [-0.2, -0.15) is 0 Å². The molecule has 0 saturated carbocycles. The number of carbonyl (C=O) groups excluding carboxylic acids is 4. The zero-order chi connectivity index (χ0) is 41.7. The van der Waals surface area contributed by atoms with Crippen LogP contribution in [-0.4, -0.2) is 36.8 Å². The van der Waals surface area contributed by atoms with E-state index in [0.29, 0.717) is 90.3 Å². The number of hydrogen-bond acceptors (Lipinski definition) is 6. The van der Waals surface area contributed by atoms with Crippen molar-refractivity contribution in [3.63, 3.8) is 0 Å². The quantitative estimate of drug-likeness (QED) is 0.0416. The summed E-state index contributed by atoms with van der Waals surface area (Å²) in [6, 6.07) is 24.3. The van der Waals surface area contributed by atoms with Gasteiger partial charge in [-0.1, -0.05) is 101 Å². The lowest BCUT2D eigenvalue weighted by Crippen LogP contribution is -2.40. The van der Waals surface area contributed by atoms with Gasteiger partial charge in [0.2, 0.25) is 0 Å². The van der Waals surface area contributed by atoms with Gasteiger partial charge in [-0.25, -0.2) is 9.80 Å². The number of amides is 4. The first-order valence-electron chi connectivity index (χ1n) is 21.1. The fourth-order valence-corrected chi connectivity index (χ4v) is 9.62. The number of fused-ring (bicyclic) bond motifs is 2. The van der Waals surface area contributed by atoms with E-state index in [2.05, 4.69) is 13.8 Å². The van der Waals surface area contributed by atoms with E-state index in [-0.39, 0.29) is 21.2 Å². The Hall–Kier alpha value is -5.70. The number of unbranched alkanes of at least 4 members (excludes halogenated alkanes) is 8. The van der Waals surface area contributed by atoms with E-state index < -0.39 is 23.6 Å². The SMILES string of the molecule is CCCCCCCOc1ccc(N2C(=O)c3ccc4c5c(Cl)cc6c7c(cc(Cl)c(c8ccc(c3c48)C2=O)c75)C(=O)N(c2ccc(OCCCCCCC)cc2)C6=O)cc1. The van der Waals surface area contributed by atoms with Crippen LogP contribution < -0.4 is 19.3 Å². The van der Waals surface area contributed by atoms with Gasteiger partial charge in [-0.15, -0.1) is 0 Å². The number of rotatable bonds is 16. The molecule has 60 heavy (non-hydrogen) atoms. The van der Waals surface area contributed by atoms with Crippen molar-refractivity contribution in [1.82, 2.24) is 0 Å². The van der Waals surface area contributed by atoms with Crippen LogP contribution in [0.25, 0.3) is 43.1 Å². The molecule has 0 unspecified atom stereocenters. The predicted octanol–water partition coefficient (Wildman–Crippen LogP) is 13.3. The molecule has 0 radical (unpaired) electrons. The summed E-state index contributed by atoms with van der Waals surface area (Å²) >= 11 is 14.3. The van der Waals surface area contributed by atoms with E-state index in [9.17, 15) is 19.2 Å². The van der Waals surface area contributed by atoms with Crippen LogP contribution in [0.15, 0.2) is 84.9 Å². The van der Waals surface area contributed by atoms with Gasteiger partial charge in [0.15, 0.2) is 0 Å². The lowest BCUT2D eigenvalue weighted by molar-refractivity contribution is 0.0877. The third-order valence-corrected chi connectivity index (χ3v) is 12.6. The van der Waals surface area contributed by atoms with Crippen LogP contribution in [0.2, 0.25) is 10.0 Å². The molecule has 0 N–H and O–H groups in total. The molecule has 8 nitrogen and oxygen atoms in total. The Morgan fingerprint density at radius 1 is 0.417 bits per heavy atom. The second-order valence-corrected chi connectivity index (χ2v) is 16.6. The lowest BCUT2D eigenvalue weighted by atomic mass is 9.82. The first-order chi connectivity index (χ1) is 29.2. The van der Waals surface area contributed by atoms with Crippen LogP contribution >= 0.6 is 23.2 Å². The molecule has 304 valence electrons. The minimum atomic E-state index is -0.506. The van der Waals surface area contributed by atoms with Crippen molar-refractivity contribution in [3.8, 4) is 11.5 Å². The molecular formula is C50H44Cl2N2O6. The molecule has 0 aliphatic carbocycles. The summed E-state index contributed by atoms with van der Waals surface area (Å²) in [4.78, 5) is 59.7. The minimum Gasteiger partial charge on any atom is -0.494 e. The van der Waals surface area contributed by atoms with Gasteiger partial charge in [0.25, 0.3) is 23.6 Å². The van der Waals surface area contributed by atoms with Gasteiger partial charge in [0.1, 0.15) is 11.5 Å². The van der Waals surface area contributed by atoms with Crippen molar-refractivity contribution >= 4 is 101 Å². The first kappa shape index (κ1) is 39.7. The molecule has 10 heteroatoms. The maximum Gasteiger partial charge on any atom is 0.266 e. The van der Waals surface area contributed by atoms with E-state index >= 15 is 0 Å². The number of halogens is 2. The van der Waals surface area contributed by atoms with Crippen molar-refractivity contribution in [3.05, 3.63) is 117 Å². The second kappa shape index (κ2) is 16.4. The first-order valence-corrected chi connectivity index (χ1v) is 21.8. The highest BCUT2D eigenvalue weighted by molar-refractivity contribution is 6.52. The van der Waals surface area contributed by atoms with E-state index in [4.69, 9.17) is 32.7 Å². The summed E-state index contributed by atoms with van der Waals surface area (Å²) < 4.78 is 11.9. The van der Waals surface area contributed by atoms with Gasteiger partial charge < -0.3 is 9.47 Å².